The van der Waals surface area contributed by atoms with E-state index < -0.39 is 0 Å². The molecule has 2 heterocycles. The van der Waals surface area contributed by atoms with Crippen LogP contribution in [0.2, 0.25) is 0 Å². The summed E-state index contributed by atoms with van der Waals surface area (Å²) >= 11 is 0. The number of hydrogen-bond donors (Lipinski definition) is 5. The second kappa shape index (κ2) is 13.2. The standard InChI is InChI=1S/C34H37N11O/c1-42-17-19-44(33(42)40-38-31-25-13-7-5-11-23(25)21-27(35)29(31)36)15-9-3-4-10-16-45-20-18-43(2)34(45)41-39-32-26-14-8-6-12-24(26)22-28(46)30(32)37/h5-8,11-14,17-22,36-37H,3-4,9-10,15-16H2,1-2H3,(H3,35,38,39,46)/p+3. The minimum absolute atomic E-state index is 0.00306. The van der Waals surface area contributed by atoms with E-state index in [4.69, 9.17) is 17.2 Å². The number of nitrogens with two attached hydrogens (primary N) is 3. The molecule has 1 atom stereocenters. The number of aryl methyl sites for hydroxylation is 2. The van der Waals surface area contributed by atoms with Crippen LogP contribution in [-0.2, 0) is 13.6 Å². The molecule has 0 saturated heterocycles. The average molecular weight is 619 g/mol. The quantitative estimate of drug-likeness (QED) is 0.0478. The summed E-state index contributed by atoms with van der Waals surface area (Å²) in [5.74, 6) is 1.53. The second-order valence-corrected chi connectivity index (χ2v) is 11.6. The summed E-state index contributed by atoms with van der Waals surface area (Å²) in [7, 11) is 3.91. The predicted octanol–water partition coefficient (Wildman–Crippen LogP) is 5.20. The molecule has 1 aliphatic rings. The van der Waals surface area contributed by atoms with Gasteiger partial charge in [-0.25, -0.2) is 9.13 Å². The van der Waals surface area contributed by atoms with Crippen molar-refractivity contribution in [1.82, 2.24) is 4.57 Å². The Bertz CT molecular complexity index is 2040. The molecule has 6 rings (SSSR count). The maximum Gasteiger partial charge on any atom is 0.524 e. The first-order valence-corrected chi connectivity index (χ1v) is 15.4. The van der Waals surface area contributed by atoms with Crippen LogP contribution in [0.15, 0.2) is 106 Å². The molecule has 12 heteroatoms. The van der Waals surface area contributed by atoms with E-state index in [1.807, 2.05) is 96.4 Å². The van der Waals surface area contributed by atoms with E-state index in [1.165, 1.54) is 0 Å². The highest BCUT2D eigenvalue weighted by molar-refractivity contribution is 6.03. The largest absolute Gasteiger partial charge is 0.524 e. The van der Waals surface area contributed by atoms with Crippen LogP contribution in [0.3, 0.4) is 0 Å². The summed E-state index contributed by atoms with van der Waals surface area (Å²) in [5.41, 5.74) is 20.9. The lowest BCUT2D eigenvalue weighted by molar-refractivity contribution is -0.760. The number of phenolic OH excluding ortho intramolecular Hbond substituents is 1. The van der Waals surface area contributed by atoms with Crippen molar-refractivity contribution in [2.24, 2.45) is 27.5 Å². The van der Waals surface area contributed by atoms with Crippen molar-refractivity contribution >= 4 is 61.9 Å². The van der Waals surface area contributed by atoms with Crippen molar-refractivity contribution in [3.8, 4) is 5.75 Å². The number of hydrogen-bond acceptors (Lipinski definition) is 8. The number of rotatable bonds is 10. The van der Waals surface area contributed by atoms with E-state index in [0.717, 1.165) is 77.1 Å². The summed E-state index contributed by atoms with van der Waals surface area (Å²) in [6.45, 7) is 1.71. The van der Waals surface area contributed by atoms with Crippen molar-refractivity contribution in [3.63, 3.8) is 0 Å². The maximum atomic E-state index is 10.3. The molecule has 0 spiro atoms. The van der Waals surface area contributed by atoms with Gasteiger partial charge in [-0.15, -0.1) is 0 Å². The highest BCUT2D eigenvalue weighted by Gasteiger charge is 2.30. The third-order valence-electron chi connectivity index (χ3n) is 8.37. The van der Waals surface area contributed by atoms with E-state index in [9.17, 15) is 5.11 Å². The van der Waals surface area contributed by atoms with Gasteiger partial charge in [0.1, 0.15) is 40.3 Å². The number of nitrogen functional groups attached to an aromatic ring is 3. The zero-order valence-electron chi connectivity index (χ0n) is 26.1. The smallest absolute Gasteiger partial charge is 0.506 e. The lowest BCUT2D eigenvalue weighted by Gasteiger charge is -2.07. The van der Waals surface area contributed by atoms with Gasteiger partial charge in [-0.3, -0.25) is 0 Å². The lowest BCUT2D eigenvalue weighted by Crippen LogP contribution is -3.09. The third-order valence-corrected chi connectivity index (χ3v) is 8.37. The molecule has 0 aliphatic carbocycles. The van der Waals surface area contributed by atoms with E-state index in [2.05, 4.69) is 31.2 Å². The molecule has 4 aromatic carbocycles. The molecule has 1 unspecified atom stereocenters. The van der Waals surface area contributed by atoms with Gasteiger partial charge in [-0.05, 0) is 47.3 Å². The highest BCUT2D eigenvalue weighted by atomic mass is 16.3. The van der Waals surface area contributed by atoms with Crippen LogP contribution in [0.25, 0.3) is 21.5 Å². The molecule has 12 nitrogen and oxygen atoms in total. The summed E-state index contributed by atoms with van der Waals surface area (Å²) in [6, 6.07) is 19.1. The number of quaternary nitrogens is 1. The molecule has 1 aromatic heterocycles. The number of unbranched alkanes of at least 4 members (excludes halogenated alkanes) is 3. The van der Waals surface area contributed by atoms with Gasteiger partial charge in [0.05, 0.1) is 51.0 Å². The number of phenols is 1. The number of imidazole rings is 1. The fourth-order valence-electron chi connectivity index (χ4n) is 5.78. The van der Waals surface area contributed by atoms with E-state index >= 15 is 0 Å². The zero-order chi connectivity index (χ0) is 32.2. The number of anilines is 3. The van der Waals surface area contributed by atoms with Crippen LogP contribution in [0.5, 0.6) is 5.75 Å². The molecule has 46 heavy (non-hydrogen) atoms. The average Bonchev–Trinajstić information content (AvgIpc) is 3.59. The number of aromatic nitrogens is 2. The first kappa shape index (κ1) is 30.4. The fourth-order valence-corrected chi connectivity index (χ4v) is 5.78. The Hall–Kier alpha value is -5.62. The van der Waals surface area contributed by atoms with E-state index in [-0.39, 0.29) is 11.4 Å². The monoisotopic (exact) mass is 618 g/mol. The maximum absolute atomic E-state index is 10.3. The normalized spacial score (nSPS) is 15.0. The molecule has 1 aliphatic heterocycles. The number of azo groups is 2. The molecular formula is C34H40N11O+3. The highest BCUT2D eigenvalue weighted by Crippen LogP contribution is 2.39. The molecule has 0 saturated carbocycles. The number of guanidine groups is 1. The molecule has 8 N–H and O–H groups in total. The fraction of sp³-hybridized carbons (Fsp3) is 0.235. The van der Waals surface area contributed by atoms with Crippen molar-refractivity contribution in [2.75, 3.05) is 30.8 Å². The van der Waals surface area contributed by atoms with Crippen LogP contribution in [-0.4, -0.2) is 33.8 Å². The van der Waals surface area contributed by atoms with Crippen LogP contribution in [0.1, 0.15) is 25.7 Å². The number of aromatic hydroxyl groups is 1. The Kier molecular flexibility index (Phi) is 8.70. The number of fused-ring (bicyclic) bond motifs is 2. The SMILES string of the molecule is C[N+]1=C(N=Nc2c(N)c(O)cc3ccccc23)[NH+](CCCCCCn2cc[n+](C)c2N=Nc2c(N)c(N)cc3ccccc23)C=C1. The Labute approximate surface area is 267 Å². The van der Waals surface area contributed by atoms with Gasteiger partial charge in [0.2, 0.25) is 0 Å². The van der Waals surface area contributed by atoms with Crippen LogP contribution < -0.4 is 26.7 Å². The molecule has 5 aromatic rings. The first-order chi connectivity index (χ1) is 22.3. The summed E-state index contributed by atoms with van der Waals surface area (Å²) in [4.78, 5) is 1.13. The lowest BCUT2D eigenvalue weighted by atomic mass is 10.1. The van der Waals surface area contributed by atoms with Crippen molar-refractivity contribution in [3.05, 3.63) is 85.5 Å². The Morgan fingerprint density at radius 1 is 0.783 bits per heavy atom. The van der Waals surface area contributed by atoms with Gasteiger partial charge in [0.25, 0.3) is 0 Å². The van der Waals surface area contributed by atoms with Gasteiger partial charge < -0.3 is 22.3 Å². The molecule has 0 amide bonds. The van der Waals surface area contributed by atoms with Crippen LogP contribution in [0.4, 0.5) is 34.4 Å². The number of nitrogens with one attached hydrogen (secondary N) is 1. The summed E-state index contributed by atoms with van der Waals surface area (Å²) in [6.07, 6.45) is 12.3. The first-order valence-electron chi connectivity index (χ1n) is 15.4. The van der Waals surface area contributed by atoms with Crippen molar-refractivity contribution < 1.29 is 19.1 Å². The summed E-state index contributed by atoms with van der Waals surface area (Å²) in [5, 5.41) is 32.1. The van der Waals surface area contributed by atoms with Crippen LogP contribution in [0, 0.1) is 0 Å². The van der Waals surface area contributed by atoms with Crippen molar-refractivity contribution in [2.45, 2.75) is 32.2 Å². The van der Waals surface area contributed by atoms with E-state index in [0.29, 0.717) is 22.7 Å². The minimum Gasteiger partial charge on any atom is -0.506 e. The molecular weight excluding hydrogens is 578 g/mol. The second-order valence-electron chi connectivity index (χ2n) is 11.6. The van der Waals surface area contributed by atoms with Crippen LogP contribution >= 0.6 is 0 Å². The topological polar surface area (TPSA) is 164 Å². The molecule has 0 radical (unpaired) electrons. The molecule has 0 bridgehead atoms. The van der Waals surface area contributed by atoms with Gasteiger partial charge >= 0.3 is 11.9 Å². The Morgan fingerprint density at radius 3 is 2.20 bits per heavy atom. The number of nitrogens with zero attached hydrogens (tertiary/aromatic N) is 7. The Balaban J connectivity index is 1.04. The summed E-state index contributed by atoms with van der Waals surface area (Å²) < 4.78 is 6.02. The van der Waals surface area contributed by atoms with Gasteiger partial charge in [-0.2, -0.15) is 9.48 Å². The van der Waals surface area contributed by atoms with Gasteiger partial charge in [0.15, 0.2) is 0 Å². The Morgan fingerprint density at radius 2 is 1.43 bits per heavy atom. The predicted molar refractivity (Wildman–Crippen MR) is 182 cm³/mol. The zero-order valence-corrected chi connectivity index (χ0v) is 26.1. The molecule has 0 fully saturated rings. The number of benzene rings is 4. The van der Waals surface area contributed by atoms with E-state index in [1.54, 1.807) is 6.07 Å². The minimum atomic E-state index is 0.00306. The van der Waals surface area contributed by atoms with Gasteiger partial charge in [-0.1, -0.05) is 60.1 Å². The van der Waals surface area contributed by atoms with Crippen molar-refractivity contribution in [1.29, 1.82) is 0 Å². The molecule has 234 valence electrons. The third kappa shape index (κ3) is 6.15. The van der Waals surface area contributed by atoms with Gasteiger partial charge in [0, 0.05) is 15.9 Å².